The molecule has 9 heteroatoms. The van der Waals surface area contributed by atoms with Crippen LogP contribution in [-0.4, -0.2) is 38.1 Å². The molecule has 4 nitrogen and oxygen atoms in total. The molecular formula is C23H21F5O4. The second-order valence-corrected chi connectivity index (χ2v) is 8.12. The summed E-state index contributed by atoms with van der Waals surface area (Å²) in [4.78, 5) is 0. The van der Waals surface area contributed by atoms with Crippen LogP contribution >= 0.6 is 0 Å². The van der Waals surface area contributed by atoms with E-state index in [1.54, 1.807) is 0 Å². The van der Waals surface area contributed by atoms with Gasteiger partial charge in [0, 0.05) is 16.9 Å². The summed E-state index contributed by atoms with van der Waals surface area (Å²) >= 11 is 0. The highest BCUT2D eigenvalue weighted by Crippen LogP contribution is 2.48. The van der Waals surface area contributed by atoms with Crippen molar-refractivity contribution in [2.75, 3.05) is 19.8 Å². The third-order valence-corrected chi connectivity index (χ3v) is 5.53. The summed E-state index contributed by atoms with van der Waals surface area (Å²) in [7, 11) is 0. The molecule has 0 radical (unpaired) electrons. The Morgan fingerprint density at radius 3 is 2.19 bits per heavy atom. The fraction of sp³-hybridized carbons (Fsp3) is 0.478. The molecule has 0 N–H and O–H groups in total. The van der Waals surface area contributed by atoms with Crippen LogP contribution in [0.15, 0.2) is 36.4 Å². The first-order valence-electron chi connectivity index (χ1n) is 10.2. The van der Waals surface area contributed by atoms with E-state index in [-0.39, 0.29) is 31.1 Å². The van der Waals surface area contributed by atoms with Crippen molar-refractivity contribution >= 4 is 10.8 Å². The Morgan fingerprint density at radius 2 is 1.56 bits per heavy atom. The van der Waals surface area contributed by atoms with Crippen molar-refractivity contribution in [3.05, 3.63) is 42.0 Å². The maximum atomic E-state index is 15.0. The maximum absolute atomic E-state index is 15.0. The summed E-state index contributed by atoms with van der Waals surface area (Å²) in [5, 5.41) is 1.01. The molecule has 2 aromatic rings. The monoisotopic (exact) mass is 456 g/mol. The van der Waals surface area contributed by atoms with Crippen molar-refractivity contribution in [2.24, 2.45) is 5.41 Å². The van der Waals surface area contributed by atoms with Crippen molar-refractivity contribution in [1.29, 1.82) is 0 Å². The van der Waals surface area contributed by atoms with E-state index in [1.165, 1.54) is 42.3 Å². The molecule has 0 unspecified atom stereocenters. The number of unbranched alkanes of at least 4 members (excludes halogenated alkanes) is 1. The Balaban J connectivity index is 1.49. The highest BCUT2D eigenvalue weighted by Gasteiger charge is 2.68. The first kappa shape index (κ1) is 22.8. The summed E-state index contributed by atoms with van der Waals surface area (Å²) < 4.78 is 87.7. The lowest BCUT2D eigenvalue weighted by molar-refractivity contribution is -0.548. The van der Waals surface area contributed by atoms with Gasteiger partial charge in [-0.25, -0.2) is 0 Å². The van der Waals surface area contributed by atoms with Crippen molar-refractivity contribution < 1.29 is 40.9 Å². The normalized spacial score (nSPS) is 25.4. The van der Waals surface area contributed by atoms with Gasteiger partial charge in [0.2, 0.25) is 0 Å². The van der Waals surface area contributed by atoms with E-state index in [0.717, 1.165) is 19.3 Å². The number of benzene rings is 2. The Bertz CT molecular complexity index is 1030. The lowest BCUT2D eigenvalue weighted by Crippen LogP contribution is -2.68. The van der Waals surface area contributed by atoms with Gasteiger partial charge in [-0.3, -0.25) is 0 Å². The maximum Gasteiger partial charge on any atom is 0.484 e. The molecule has 2 aromatic carbocycles. The van der Waals surface area contributed by atoms with Gasteiger partial charge in [0.05, 0.1) is 19.8 Å². The van der Waals surface area contributed by atoms with E-state index in [1.807, 2.05) is 12.8 Å². The van der Waals surface area contributed by atoms with Crippen molar-refractivity contribution in [3.8, 4) is 17.6 Å². The third-order valence-electron chi connectivity index (χ3n) is 5.53. The molecule has 3 aliphatic rings. The Kier molecular flexibility index (Phi) is 5.82. The van der Waals surface area contributed by atoms with Crippen LogP contribution in [0.25, 0.3) is 10.8 Å². The number of ether oxygens (including phenoxy) is 4. The zero-order chi connectivity index (χ0) is 23.0. The largest absolute Gasteiger partial charge is 0.484 e. The van der Waals surface area contributed by atoms with Crippen LogP contribution in [0.5, 0.6) is 5.75 Å². The van der Waals surface area contributed by atoms with E-state index in [9.17, 15) is 13.2 Å². The van der Waals surface area contributed by atoms with Gasteiger partial charge >= 0.3 is 18.3 Å². The molecule has 0 amide bonds. The predicted molar refractivity (Wildman–Crippen MR) is 105 cm³/mol. The molecular weight excluding hydrogens is 435 g/mol. The van der Waals surface area contributed by atoms with Gasteiger partial charge in [0.25, 0.3) is 0 Å². The van der Waals surface area contributed by atoms with E-state index in [0.29, 0.717) is 10.8 Å². The molecule has 0 saturated carbocycles. The zero-order valence-electron chi connectivity index (χ0n) is 17.2. The summed E-state index contributed by atoms with van der Waals surface area (Å²) in [5.74, 6) is 0.435. The second-order valence-electron chi connectivity index (χ2n) is 8.12. The SMILES string of the molecule is CCCCC12COC(C(F)(F)Oc3ccc4cc(C#CC(F)(F)F)ccc4c3)(OC1)OC2. The highest BCUT2D eigenvalue weighted by atomic mass is 19.4. The molecule has 0 aromatic heterocycles. The minimum absolute atomic E-state index is 0.0887. The molecule has 32 heavy (non-hydrogen) atoms. The third kappa shape index (κ3) is 4.53. The Morgan fingerprint density at radius 1 is 0.938 bits per heavy atom. The van der Waals surface area contributed by atoms with E-state index in [4.69, 9.17) is 18.9 Å². The molecule has 3 fully saturated rings. The van der Waals surface area contributed by atoms with Crippen LogP contribution in [0.2, 0.25) is 0 Å². The molecule has 3 aliphatic heterocycles. The van der Waals surface area contributed by atoms with Gasteiger partial charge < -0.3 is 18.9 Å². The first-order valence-corrected chi connectivity index (χ1v) is 10.2. The van der Waals surface area contributed by atoms with Gasteiger partial charge in [-0.15, -0.1) is 0 Å². The number of hydrogen-bond donors (Lipinski definition) is 0. The quantitative estimate of drug-likeness (QED) is 0.417. The molecule has 2 bridgehead atoms. The smallest absolute Gasteiger partial charge is 0.426 e. The van der Waals surface area contributed by atoms with Gasteiger partial charge in [0.15, 0.2) is 0 Å². The molecule has 172 valence electrons. The molecule has 0 aliphatic carbocycles. The number of fused-ring (bicyclic) bond motifs is 4. The van der Waals surface area contributed by atoms with Crippen molar-refractivity contribution in [2.45, 2.75) is 44.4 Å². The molecule has 0 spiro atoms. The average Bonchev–Trinajstić information content (AvgIpc) is 2.76. The van der Waals surface area contributed by atoms with Crippen LogP contribution in [0.1, 0.15) is 31.7 Å². The van der Waals surface area contributed by atoms with Crippen LogP contribution in [-0.2, 0) is 14.2 Å². The van der Waals surface area contributed by atoms with Gasteiger partial charge in [0.1, 0.15) is 5.75 Å². The van der Waals surface area contributed by atoms with E-state index < -0.39 is 23.7 Å². The van der Waals surface area contributed by atoms with Crippen LogP contribution < -0.4 is 4.74 Å². The fourth-order valence-corrected chi connectivity index (χ4v) is 3.73. The highest BCUT2D eigenvalue weighted by molar-refractivity contribution is 5.85. The number of hydrogen-bond acceptors (Lipinski definition) is 4. The predicted octanol–water partition coefficient (Wildman–Crippen LogP) is 5.63. The minimum atomic E-state index is -4.60. The molecule has 0 atom stereocenters. The standard InChI is InChI=1S/C23H21F5O4/c1-2-3-9-20-13-29-23(30-14-20,31-15-20)22(27,28)32-19-7-6-17-11-16(4-5-18(17)12-19)8-10-21(24,25)26/h4-7,11-12H,2-3,9,13-15H2,1H3. The van der Waals surface area contributed by atoms with Crippen LogP contribution in [0.3, 0.4) is 0 Å². The zero-order valence-corrected chi connectivity index (χ0v) is 17.2. The second kappa shape index (κ2) is 8.18. The first-order chi connectivity index (χ1) is 15.1. The Hall–Kier alpha value is -2.41. The molecule has 3 saturated heterocycles. The van der Waals surface area contributed by atoms with Gasteiger partial charge in [-0.05, 0) is 41.5 Å². The lowest BCUT2D eigenvalue weighted by Gasteiger charge is -2.52. The van der Waals surface area contributed by atoms with Gasteiger partial charge in [-0.1, -0.05) is 37.8 Å². The average molecular weight is 456 g/mol. The summed E-state index contributed by atoms with van der Waals surface area (Å²) in [5.41, 5.74) is -0.275. The summed E-state index contributed by atoms with van der Waals surface area (Å²) in [6.07, 6.45) is -5.90. The minimum Gasteiger partial charge on any atom is -0.426 e. The topological polar surface area (TPSA) is 36.9 Å². The molecule has 3 heterocycles. The summed E-state index contributed by atoms with van der Waals surface area (Å²) in [6.45, 7) is 2.31. The summed E-state index contributed by atoms with van der Waals surface area (Å²) in [6, 6.07) is 8.36. The lowest BCUT2D eigenvalue weighted by atomic mass is 9.83. The van der Waals surface area contributed by atoms with E-state index in [2.05, 4.69) is 0 Å². The number of alkyl halides is 5. The molecule has 5 rings (SSSR count). The van der Waals surface area contributed by atoms with Crippen LogP contribution in [0.4, 0.5) is 22.0 Å². The fourth-order valence-electron chi connectivity index (χ4n) is 3.73. The van der Waals surface area contributed by atoms with Crippen LogP contribution in [0, 0.1) is 17.3 Å². The van der Waals surface area contributed by atoms with Gasteiger partial charge in [-0.2, -0.15) is 22.0 Å². The van der Waals surface area contributed by atoms with Crippen molar-refractivity contribution in [3.63, 3.8) is 0 Å². The number of halogens is 5. The Labute approximate surface area is 181 Å². The number of rotatable bonds is 6. The van der Waals surface area contributed by atoms with Crippen molar-refractivity contribution in [1.82, 2.24) is 0 Å². The van der Waals surface area contributed by atoms with E-state index >= 15 is 8.78 Å².